The zero-order chi connectivity index (χ0) is 8.43. The van der Waals surface area contributed by atoms with Crippen LogP contribution in [0.5, 0.6) is 0 Å². The Morgan fingerprint density at radius 2 is 2.17 bits per heavy atom. The van der Waals surface area contributed by atoms with Crippen molar-refractivity contribution < 1.29 is 0 Å². The Bertz CT molecular complexity index is 270. The second-order valence-corrected chi connectivity index (χ2v) is 3.28. The van der Waals surface area contributed by atoms with Crippen molar-refractivity contribution in [3.05, 3.63) is 10.8 Å². The molecule has 0 aliphatic rings. The van der Waals surface area contributed by atoms with Crippen LogP contribution in [0.2, 0.25) is 0 Å². The molecular weight excluding hydrogens is 196 g/mol. The number of nitrogens with two attached hydrogens (primary N) is 1. The molecule has 0 spiro atoms. The van der Waals surface area contributed by atoms with Crippen molar-refractivity contribution in [2.75, 3.05) is 0 Å². The van der Waals surface area contributed by atoms with Crippen molar-refractivity contribution in [2.45, 2.75) is 19.8 Å². The first kappa shape index (κ1) is 11.3. The summed E-state index contributed by atoms with van der Waals surface area (Å²) in [4.78, 5) is 4.07. The van der Waals surface area contributed by atoms with E-state index >= 15 is 0 Å². The Kier molecular flexibility index (Phi) is 4.12. The molecule has 0 bridgehead atoms. The second kappa shape index (κ2) is 4.37. The Balaban J connectivity index is 0.00000121. The summed E-state index contributed by atoms with van der Waals surface area (Å²) in [6, 6.07) is 0. The van der Waals surface area contributed by atoms with E-state index in [2.05, 4.69) is 9.36 Å². The van der Waals surface area contributed by atoms with Crippen molar-refractivity contribution in [1.82, 2.24) is 9.36 Å². The van der Waals surface area contributed by atoms with Crippen molar-refractivity contribution in [3.63, 3.8) is 0 Å². The molecule has 68 valence electrons. The van der Waals surface area contributed by atoms with Crippen LogP contribution in [-0.4, -0.2) is 15.2 Å². The number of hydrogen-bond acceptors (Lipinski definition) is 4. The Morgan fingerprint density at radius 3 is 2.42 bits per heavy atom. The summed E-state index contributed by atoms with van der Waals surface area (Å²) < 4.78 is 4.05. The molecule has 1 aromatic heterocycles. The molecular formula is C6H11ClN4S. The second-order valence-electron chi connectivity index (χ2n) is 2.53. The van der Waals surface area contributed by atoms with Crippen LogP contribution in [0.1, 0.15) is 30.6 Å². The number of halogens is 1. The number of hydrogen-bond donors (Lipinski definition) is 2. The molecule has 1 aromatic rings. The average molecular weight is 207 g/mol. The first-order valence-electron chi connectivity index (χ1n) is 3.29. The summed E-state index contributed by atoms with van der Waals surface area (Å²) in [5.41, 5.74) is 5.22. The molecule has 12 heavy (non-hydrogen) atoms. The summed E-state index contributed by atoms with van der Waals surface area (Å²) in [5, 5.41) is 7.58. The van der Waals surface area contributed by atoms with E-state index in [-0.39, 0.29) is 18.2 Å². The Morgan fingerprint density at radius 1 is 1.58 bits per heavy atom. The van der Waals surface area contributed by atoms with Crippen LogP contribution in [0.25, 0.3) is 0 Å². The standard InChI is InChI=1S/C6H10N4S.ClH/c1-3(2)5-9-6(4(7)8)11-10-5;/h3H,1-2H3,(H3,7,8);1H. The highest BCUT2D eigenvalue weighted by molar-refractivity contribution is 7.07. The number of amidine groups is 1. The molecule has 1 rings (SSSR count). The van der Waals surface area contributed by atoms with Crippen LogP contribution in [-0.2, 0) is 0 Å². The fraction of sp³-hybridized carbons (Fsp3) is 0.500. The minimum absolute atomic E-state index is 0. The predicted octanol–water partition coefficient (Wildman–Crippen LogP) is 1.37. The first-order chi connectivity index (χ1) is 5.11. The highest BCUT2D eigenvalue weighted by Gasteiger charge is 2.08. The van der Waals surface area contributed by atoms with Crippen molar-refractivity contribution in [2.24, 2.45) is 5.73 Å². The predicted molar refractivity (Wildman–Crippen MR) is 52.3 cm³/mol. The van der Waals surface area contributed by atoms with Gasteiger partial charge in [0.05, 0.1) is 0 Å². The molecule has 0 saturated heterocycles. The highest BCUT2D eigenvalue weighted by atomic mass is 35.5. The van der Waals surface area contributed by atoms with E-state index in [9.17, 15) is 0 Å². The number of nitrogen functional groups attached to an aromatic ring is 1. The molecule has 3 N–H and O–H groups in total. The van der Waals surface area contributed by atoms with Gasteiger partial charge in [-0.1, -0.05) is 13.8 Å². The van der Waals surface area contributed by atoms with Crippen LogP contribution in [0.15, 0.2) is 0 Å². The van der Waals surface area contributed by atoms with Gasteiger partial charge in [0.25, 0.3) is 0 Å². The molecule has 0 radical (unpaired) electrons. The molecule has 6 heteroatoms. The van der Waals surface area contributed by atoms with Gasteiger partial charge in [-0.05, 0) is 11.5 Å². The summed E-state index contributed by atoms with van der Waals surface area (Å²) in [7, 11) is 0. The zero-order valence-corrected chi connectivity index (χ0v) is 8.50. The van der Waals surface area contributed by atoms with Crippen LogP contribution < -0.4 is 5.73 Å². The topological polar surface area (TPSA) is 75.7 Å². The summed E-state index contributed by atoms with van der Waals surface area (Å²) in [5.74, 6) is 1.06. The van der Waals surface area contributed by atoms with E-state index in [1.807, 2.05) is 13.8 Å². The molecule has 1 heterocycles. The van der Waals surface area contributed by atoms with Gasteiger partial charge in [-0.2, -0.15) is 4.37 Å². The van der Waals surface area contributed by atoms with Gasteiger partial charge in [0.2, 0.25) is 0 Å². The van der Waals surface area contributed by atoms with Crippen LogP contribution in [0.4, 0.5) is 0 Å². The van der Waals surface area contributed by atoms with Crippen LogP contribution >= 0.6 is 23.9 Å². The van der Waals surface area contributed by atoms with E-state index < -0.39 is 0 Å². The van der Waals surface area contributed by atoms with Crippen LogP contribution in [0.3, 0.4) is 0 Å². The Labute approximate surface area is 81.3 Å². The zero-order valence-electron chi connectivity index (χ0n) is 6.87. The maximum Gasteiger partial charge on any atom is 0.178 e. The van der Waals surface area contributed by atoms with Gasteiger partial charge in [0.1, 0.15) is 5.82 Å². The third kappa shape index (κ3) is 2.42. The summed E-state index contributed by atoms with van der Waals surface area (Å²) >= 11 is 1.18. The fourth-order valence-corrected chi connectivity index (χ4v) is 1.24. The van der Waals surface area contributed by atoms with E-state index in [0.29, 0.717) is 10.9 Å². The van der Waals surface area contributed by atoms with Gasteiger partial charge in [-0.3, -0.25) is 5.41 Å². The molecule has 0 aliphatic carbocycles. The Hall–Kier alpha value is -0.680. The molecule has 0 atom stereocenters. The van der Waals surface area contributed by atoms with Crippen molar-refractivity contribution >= 4 is 29.8 Å². The normalized spacial score (nSPS) is 9.58. The van der Waals surface area contributed by atoms with E-state index in [4.69, 9.17) is 11.1 Å². The smallest absolute Gasteiger partial charge is 0.178 e. The first-order valence-corrected chi connectivity index (χ1v) is 4.06. The van der Waals surface area contributed by atoms with Gasteiger partial charge in [-0.25, -0.2) is 4.98 Å². The summed E-state index contributed by atoms with van der Waals surface area (Å²) in [6.07, 6.45) is 0. The lowest BCUT2D eigenvalue weighted by atomic mass is 10.2. The maximum absolute atomic E-state index is 7.08. The highest BCUT2D eigenvalue weighted by Crippen LogP contribution is 2.12. The maximum atomic E-state index is 7.08. The van der Waals surface area contributed by atoms with Gasteiger partial charge in [-0.15, -0.1) is 12.4 Å². The molecule has 0 aromatic carbocycles. The lowest BCUT2D eigenvalue weighted by Gasteiger charge is -1.93. The van der Waals surface area contributed by atoms with Gasteiger partial charge in [0.15, 0.2) is 10.8 Å². The molecule has 0 saturated carbocycles. The largest absolute Gasteiger partial charge is 0.382 e. The quantitative estimate of drug-likeness (QED) is 0.567. The van der Waals surface area contributed by atoms with Gasteiger partial charge >= 0.3 is 0 Å². The SMILES string of the molecule is CC(C)c1nsc(C(=N)N)n1.Cl. The fourth-order valence-electron chi connectivity index (χ4n) is 0.579. The number of nitrogens with one attached hydrogen (secondary N) is 1. The molecule has 0 unspecified atom stereocenters. The number of nitrogens with zero attached hydrogens (tertiary/aromatic N) is 2. The van der Waals surface area contributed by atoms with E-state index in [0.717, 1.165) is 5.82 Å². The van der Waals surface area contributed by atoms with Crippen molar-refractivity contribution in [3.8, 4) is 0 Å². The van der Waals surface area contributed by atoms with E-state index in [1.54, 1.807) is 0 Å². The van der Waals surface area contributed by atoms with Crippen LogP contribution in [0, 0.1) is 5.41 Å². The lowest BCUT2D eigenvalue weighted by Crippen LogP contribution is -2.10. The minimum atomic E-state index is -0.00519. The molecule has 4 nitrogen and oxygen atoms in total. The minimum Gasteiger partial charge on any atom is -0.382 e. The lowest BCUT2D eigenvalue weighted by molar-refractivity contribution is 0.798. The molecule has 0 fully saturated rings. The van der Waals surface area contributed by atoms with Gasteiger partial charge < -0.3 is 5.73 Å². The van der Waals surface area contributed by atoms with Crippen molar-refractivity contribution in [1.29, 1.82) is 5.41 Å². The third-order valence-electron chi connectivity index (χ3n) is 1.19. The monoisotopic (exact) mass is 206 g/mol. The van der Waals surface area contributed by atoms with Gasteiger partial charge in [0, 0.05) is 5.92 Å². The molecule has 0 amide bonds. The molecule has 0 aliphatic heterocycles. The average Bonchev–Trinajstić information content (AvgIpc) is 2.33. The summed E-state index contributed by atoms with van der Waals surface area (Å²) in [6.45, 7) is 4.01. The number of rotatable bonds is 2. The third-order valence-corrected chi connectivity index (χ3v) is 1.95. The number of aromatic nitrogens is 2. The van der Waals surface area contributed by atoms with E-state index in [1.165, 1.54) is 11.5 Å².